The molecule has 5 rings (SSSR count). The van der Waals surface area contributed by atoms with E-state index in [2.05, 4.69) is 22.8 Å². The van der Waals surface area contributed by atoms with Gasteiger partial charge in [-0.2, -0.15) is 0 Å². The fourth-order valence-electron chi connectivity index (χ4n) is 4.87. The number of amides is 1. The van der Waals surface area contributed by atoms with Crippen molar-refractivity contribution in [3.05, 3.63) is 59.2 Å². The Morgan fingerprint density at radius 2 is 1.89 bits per heavy atom. The number of carbonyl (C=O) groups excluding carboxylic acids is 1. The molecule has 2 heterocycles. The van der Waals surface area contributed by atoms with Crippen LogP contribution in [0.2, 0.25) is 0 Å². The van der Waals surface area contributed by atoms with Crippen LogP contribution in [0.25, 0.3) is 0 Å². The van der Waals surface area contributed by atoms with Gasteiger partial charge in [-0.05, 0) is 67.1 Å². The van der Waals surface area contributed by atoms with Crippen LogP contribution in [0.15, 0.2) is 42.5 Å². The van der Waals surface area contributed by atoms with Gasteiger partial charge < -0.3 is 20.1 Å². The zero-order chi connectivity index (χ0) is 19.1. The van der Waals surface area contributed by atoms with E-state index >= 15 is 0 Å². The lowest BCUT2D eigenvalue weighted by Gasteiger charge is -2.40. The number of piperidine rings is 1. The molecule has 2 aliphatic heterocycles. The van der Waals surface area contributed by atoms with E-state index in [9.17, 15) is 4.79 Å². The smallest absolute Gasteiger partial charge is 0.252 e. The molecule has 1 spiro atoms. The number of ether oxygens (including phenoxy) is 2. The Labute approximate surface area is 165 Å². The number of rotatable bonds is 5. The molecular weight excluding hydrogens is 352 g/mol. The van der Waals surface area contributed by atoms with E-state index in [1.54, 1.807) is 7.11 Å². The maximum absolute atomic E-state index is 11.9. The zero-order valence-corrected chi connectivity index (χ0v) is 16.2. The second kappa shape index (κ2) is 6.82. The minimum atomic E-state index is -0.00504. The summed E-state index contributed by atoms with van der Waals surface area (Å²) in [5, 5.41) is 6.62. The molecular formula is C23H26N2O3. The van der Waals surface area contributed by atoms with Crippen molar-refractivity contribution < 1.29 is 14.3 Å². The van der Waals surface area contributed by atoms with Gasteiger partial charge in [0.25, 0.3) is 5.91 Å². The monoisotopic (exact) mass is 378 g/mol. The summed E-state index contributed by atoms with van der Waals surface area (Å²) in [6.07, 6.45) is 3.52. The summed E-state index contributed by atoms with van der Waals surface area (Å²) in [5.74, 6) is 2.55. The first kappa shape index (κ1) is 17.6. The van der Waals surface area contributed by atoms with Crippen LogP contribution in [0.5, 0.6) is 11.5 Å². The highest BCUT2D eigenvalue weighted by molar-refractivity contribution is 5.98. The predicted octanol–water partition coefficient (Wildman–Crippen LogP) is 3.24. The highest BCUT2D eigenvalue weighted by atomic mass is 16.5. The summed E-state index contributed by atoms with van der Waals surface area (Å²) in [5.41, 5.74) is 3.35. The Morgan fingerprint density at radius 3 is 2.64 bits per heavy atom. The van der Waals surface area contributed by atoms with E-state index in [0.717, 1.165) is 35.6 Å². The number of benzene rings is 2. The van der Waals surface area contributed by atoms with Crippen LogP contribution in [-0.4, -0.2) is 31.7 Å². The first-order chi connectivity index (χ1) is 13.7. The fourth-order valence-corrected chi connectivity index (χ4v) is 4.87. The Hall–Kier alpha value is -2.53. The van der Waals surface area contributed by atoms with Crippen LogP contribution >= 0.6 is 0 Å². The maximum atomic E-state index is 11.9. The SMILES string of the molecule is COc1ccc([C@@H]2CCNC3(CC3)[C@H]2COc2ccc3c(c2)C(=O)NC3)cc1. The molecule has 2 atom stereocenters. The Morgan fingerprint density at radius 1 is 1.11 bits per heavy atom. The molecule has 2 N–H and O–H groups in total. The van der Waals surface area contributed by atoms with Gasteiger partial charge in [0.05, 0.1) is 13.7 Å². The molecule has 1 amide bonds. The summed E-state index contributed by atoms with van der Waals surface area (Å²) in [7, 11) is 1.70. The third-order valence-corrected chi connectivity index (χ3v) is 6.66. The standard InChI is InChI=1S/C23H26N2O3/c1-27-17-5-2-15(3-6-17)19-8-11-25-23(9-10-23)21(19)14-28-18-7-4-16-13-24-22(26)20(16)12-18/h2-7,12,19,21,25H,8-11,13-14H2,1H3,(H,24,26)/t19-,21-/m0/s1. The molecule has 5 nitrogen and oxygen atoms in total. The van der Waals surface area contributed by atoms with Gasteiger partial charge in [0.2, 0.25) is 0 Å². The Bertz CT molecular complexity index is 889. The van der Waals surface area contributed by atoms with E-state index in [1.807, 2.05) is 30.3 Å². The molecule has 146 valence electrons. The van der Waals surface area contributed by atoms with Crippen LogP contribution in [0, 0.1) is 5.92 Å². The highest BCUT2D eigenvalue weighted by Gasteiger charge is 2.54. The summed E-state index contributed by atoms with van der Waals surface area (Å²) in [6, 6.07) is 14.3. The second-order valence-electron chi connectivity index (χ2n) is 8.17. The van der Waals surface area contributed by atoms with E-state index in [0.29, 0.717) is 25.0 Å². The van der Waals surface area contributed by atoms with Crippen molar-refractivity contribution in [2.45, 2.75) is 37.3 Å². The van der Waals surface area contributed by atoms with Crippen molar-refractivity contribution in [2.75, 3.05) is 20.3 Å². The largest absolute Gasteiger partial charge is 0.497 e. The van der Waals surface area contributed by atoms with Crippen molar-refractivity contribution in [1.82, 2.24) is 10.6 Å². The van der Waals surface area contributed by atoms with Gasteiger partial charge in [-0.15, -0.1) is 0 Å². The molecule has 0 aromatic heterocycles. The second-order valence-corrected chi connectivity index (χ2v) is 8.17. The molecule has 28 heavy (non-hydrogen) atoms. The van der Waals surface area contributed by atoms with Gasteiger partial charge in [-0.3, -0.25) is 4.79 Å². The summed E-state index contributed by atoms with van der Waals surface area (Å²) in [4.78, 5) is 11.9. The van der Waals surface area contributed by atoms with E-state index in [4.69, 9.17) is 9.47 Å². The van der Waals surface area contributed by atoms with Crippen LogP contribution in [-0.2, 0) is 6.54 Å². The number of hydrogen-bond acceptors (Lipinski definition) is 4. The van der Waals surface area contributed by atoms with E-state index in [1.165, 1.54) is 18.4 Å². The topological polar surface area (TPSA) is 59.6 Å². The minimum Gasteiger partial charge on any atom is -0.497 e. The third kappa shape index (κ3) is 3.04. The van der Waals surface area contributed by atoms with Gasteiger partial charge in [-0.1, -0.05) is 18.2 Å². The molecule has 2 fully saturated rings. The van der Waals surface area contributed by atoms with Crippen molar-refractivity contribution >= 4 is 5.91 Å². The number of nitrogens with one attached hydrogen (secondary N) is 2. The van der Waals surface area contributed by atoms with Crippen molar-refractivity contribution in [1.29, 1.82) is 0 Å². The molecule has 0 bridgehead atoms. The summed E-state index contributed by atoms with van der Waals surface area (Å²) < 4.78 is 11.6. The van der Waals surface area contributed by atoms with Gasteiger partial charge >= 0.3 is 0 Å². The molecule has 3 aliphatic rings. The van der Waals surface area contributed by atoms with Crippen LogP contribution in [0.3, 0.4) is 0 Å². The lowest BCUT2D eigenvalue weighted by molar-refractivity contribution is 0.0965. The lowest BCUT2D eigenvalue weighted by atomic mass is 9.75. The quantitative estimate of drug-likeness (QED) is 0.839. The lowest BCUT2D eigenvalue weighted by Crippen LogP contribution is -2.49. The van der Waals surface area contributed by atoms with Crippen LogP contribution < -0.4 is 20.1 Å². The van der Waals surface area contributed by atoms with E-state index < -0.39 is 0 Å². The minimum absolute atomic E-state index is 0.00504. The zero-order valence-electron chi connectivity index (χ0n) is 16.2. The summed E-state index contributed by atoms with van der Waals surface area (Å²) in [6.45, 7) is 2.32. The average molecular weight is 378 g/mol. The first-order valence-electron chi connectivity index (χ1n) is 10.1. The number of carbonyl (C=O) groups is 1. The molecule has 2 aromatic carbocycles. The molecule has 1 saturated heterocycles. The molecule has 0 radical (unpaired) electrons. The number of hydrogen-bond donors (Lipinski definition) is 2. The van der Waals surface area contributed by atoms with Crippen LogP contribution in [0.4, 0.5) is 0 Å². The summed E-state index contributed by atoms with van der Waals surface area (Å²) >= 11 is 0. The first-order valence-corrected chi connectivity index (χ1v) is 10.1. The molecule has 0 unspecified atom stereocenters. The van der Waals surface area contributed by atoms with Gasteiger partial charge in [0, 0.05) is 23.6 Å². The third-order valence-electron chi connectivity index (χ3n) is 6.66. The normalized spacial score (nSPS) is 24.5. The van der Waals surface area contributed by atoms with Crippen molar-refractivity contribution in [2.24, 2.45) is 5.92 Å². The van der Waals surface area contributed by atoms with Gasteiger partial charge in [0.15, 0.2) is 0 Å². The highest BCUT2D eigenvalue weighted by Crippen LogP contribution is 2.51. The van der Waals surface area contributed by atoms with Crippen molar-refractivity contribution in [3.63, 3.8) is 0 Å². The average Bonchev–Trinajstić information content (AvgIpc) is 3.41. The predicted molar refractivity (Wildman–Crippen MR) is 107 cm³/mol. The Balaban J connectivity index is 1.36. The van der Waals surface area contributed by atoms with Crippen molar-refractivity contribution in [3.8, 4) is 11.5 Å². The Kier molecular flexibility index (Phi) is 4.27. The van der Waals surface area contributed by atoms with Gasteiger partial charge in [-0.25, -0.2) is 0 Å². The number of fused-ring (bicyclic) bond motifs is 1. The fraction of sp³-hybridized carbons (Fsp3) is 0.435. The van der Waals surface area contributed by atoms with E-state index in [-0.39, 0.29) is 11.4 Å². The number of methoxy groups -OCH3 is 1. The maximum Gasteiger partial charge on any atom is 0.252 e. The van der Waals surface area contributed by atoms with Gasteiger partial charge in [0.1, 0.15) is 11.5 Å². The molecule has 2 aromatic rings. The molecule has 1 saturated carbocycles. The van der Waals surface area contributed by atoms with Crippen LogP contribution in [0.1, 0.15) is 46.7 Å². The molecule has 5 heteroatoms. The molecule has 1 aliphatic carbocycles.